The van der Waals surface area contributed by atoms with Crippen molar-refractivity contribution in [2.24, 2.45) is 0 Å². The fourth-order valence-corrected chi connectivity index (χ4v) is 1.62. The molecular weight excluding hydrogens is 208 g/mol. The van der Waals surface area contributed by atoms with E-state index in [1.54, 1.807) is 25.3 Å². The van der Waals surface area contributed by atoms with Crippen molar-refractivity contribution in [1.82, 2.24) is 0 Å². The lowest BCUT2D eigenvalue weighted by Crippen LogP contribution is -2.10. The Balaban J connectivity index is 3.11. The van der Waals surface area contributed by atoms with Gasteiger partial charge < -0.3 is 14.6 Å². The van der Waals surface area contributed by atoms with E-state index in [-0.39, 0.29) is 0 Å². The topological polar surface area (TPSA) is 55.8 Å². The van der Waals surface area contributed by atoms with Crippen LogP contribution in [0.15, 0.2) is 18.2 Å². The van der Waals surface area contributed by atoms with Crippen molar-refractivity contribution in [1.29, 1.82) is 0 Å². The lowest BCUT2D eigenvalue weighted by molar-refractivity contribution is -0.138. The number of hydrogen-bond donors (Lipinski definition) is 1. The Morgan fingerprint density at radius 3 is 2.38 bits per heavy atom. The van der Waals surface area contributed by atoms with Gasteiger partial charge in [0, 0.05) is 0 Å². The summed E-state index contributed by atoms with van der Waals surface area (Å²) >= 11 is 0. The Hall–Kier alpha value is -1.71. The van der Waals surface area contributed by atoms with Crippen molar-refractivity contribution in [2.75, 3.05) is 14.2 Å². The van der Waals surface area contributed by atoms with E-state index in [0.717, 1.165) is 5.56 Å². The predicted octanol–water partition coefficient (Wildman–Crippen LogP) is 2.28. The smallest absolute Gasteiger partial charge is 0.310 e. The lowest BCUT2D eigenvalue weighted by Gasteiger charge is -2.13. The molecule has 0 heterocycles. The highest BCUT2D eigenvalue weighted by molar-refractivity contribution is 5.76. The van der Waals surface area contributed by atoms with Crippen LogP contribution in [0.3, 0.4) is 0 Å². The molecule has 1 N–H and O–H groups in total. The number of rotatable bonds is 5. The number of carboxylic acid groups (broad SMARTS) is 1. The lowest BCUT2D eigenvalue weighted by atomic mass is 9.96. The third kappa shape index (κ3) is 2.45. The molecule has 0 aliphatic rings. The normalized spacial score (nSPS) is 11.9. The fraction of sp³-hybridized carbons (Fsp3) is 0.417. The highest BCUT2D eigenvalue weighted by Crippen LogP contribution is 2.31. The zero-order valence-electron chi connectivity index (χ0n) is 9.69. The maximum atomic E-state index is 11.0. The summed E-state index contributed by atoms with van der Waals surface area (Å²) in [7, 11) is 3.08. The van der Waals surface area contributed by atoms with Crippen molar-refractivity contribution < 1.29 is 19.4 Å². The Morgan fingerprint density at radius 1 is 1.31 bits per heavy atom. The molecule has 1 aromatic rings. The molecule has 1 aromatic carbocycles. The third-order valence-corrected chi connectivity index (χ3v) is 2.52. The average Bonchev–Trinajstić information content (AvgIpc) is 2.29. The molecule has 0 saturated carbocycles. The molecule has 16 heavy (non-hydrogen) atoms. The monoisotopic (exact) mass is 224 g/mol. The second kappa shape index (κ2) is 5.39. The van der Waals surface area contributed by atoms with E-state index >= 15 is 0 Å². The molecule has 0 radical (unpaired) electrons. The van der Waals surface area contributed by atoms with Crippen molar-refractivity contribution in [3.63, 3.8) is 0 Å². The largest absolute Gasteiger partial charge is 0.493 e. The van der Waals surface area contributed by atoms with Crippen LogP contribution in [0.25, 0.3) is 0 Å². The van der Waals surface area contributed by atoms with Gasteiger partial charge in [-0.1, -0.05) is 13.0 Å². The molecular formula is C12H16O4. The molecule has 1 rings (SSSR count). The third-order valence-electron chi connectivity index (χ3n) is 2.52. The highest BCUT2D eigenvalue weighted by atomic mass is 16.5. The molecule has 0 spiro atoms. The number of methoxy groups -OCH3 is 2. The summed E-state index contributed by atoms with van der Waals surface area (Å²) in [6.45, 7) is 1.84. The van der Waals surface area contributed by atoms with Crippen LogP contribution < -0.4 is 9.47 Å². The summed E-state index contributed by atoms with van der Waals surface area (Å²) < 4.78 is 10.2. The predicted molar refractivity (Wildman–Crippen MR) is 60.2 cm³/mol. The Labute approximate surface area is 94.8 Å². The first-order chi connectivity index (χ1) is 7.63. The van der Waals surface area contributed by atoms with Gasteiger partial charge in [-0.05, 0) is 24.1 Å². The zero-order valence-corrected chi connectivity index (χ0v) is 9.69. The van der Waals surface area contributed by atoms with Crippen LogP contribution in [0, 0.1) is 0 Å². The second-order valence-electron chi connectivity index (χ2n) is 3.41. The van der Waals surface area contributed by atoms with E-state index in [2.05, 4.69) is 0 Å². The van der Waals surface area contributed by atoms with Gasteiger partial charge in [0.25, 0.3) is 0 Å². The van der Waals surface area contributed by atoms with Gasteiger partial charge in [0.05, 0.1) is 20.1 Å². The van der Waals surface area contributed by atoms with Gasteiger partial charge >= 0.3 is 5.97 Å². The Bertz CT molecular complexity index is 373. The van der Waals surface area contributed by atoms with Gasteiger partial charge in [0.1, 0.15) is 0 Å². The van der Waals surface area contributed by atoms with E-state index in [1.807, 2.05) is 6.92 Å². The molecule has 4 heteroatoms. The van der Waals surface area contributed by atoms with E-state index in [0.29, 0.717) is 17.9 Å². The first-order valence-corrected chi connectivity index (χ1v) is 5.08. The minimum atomic E-state index is -0.824. The van der Waals surface area contributed by atoms with Gasteiger partial charge in [0.15, 0.2) is 11.5 Å². The number of benzene rings is 1. The molecule has 0 aliphatic carbocycles. The summed E-state index contributed by atoms with van der Waals surface area (Å²) in [6.07, 6.45) is 0.546. The molecule has 0 aromatic heterocycles. The Kier molecular flexibility index (Phi) is 4.17. The van der Waals surface area contributed by atoms with Crippen molar-refractivity contribution in [3.8, 4) is 11.5 Å². The quantitative estimate of drug-likeness (QED) is 0.833. The highest BCUT2D eigenvalue weighted by Gasteiger charge is 2.19. The van der Waals surface area contributed by atoms with Gasteiger partial charge in [0.2, 0.25) is 0 Å². The van der Waals surface area contributed by atoms with Gasteiger partial charge in [-0.25, -0.2) is 0 Å². The molecule has 0 unspecified atom stereocenters. The van der Waals surface area contributed by atoms with Crippen molar-refractivity contribution in [2.45, 2.75) is 19.3 Å². The molecule has 4 nitrogen and oxygen atoms in total. The van der Waals surface area contributed by atoms with E-state index in [9.17, 15) is 4.79 Å². The summed E-state index contributed by atoms with van der Waals surface area (Å²) in [5, 5.41) is 9.04. The summed E-state index contributed by atoms with van der Waals surface area (Å²) in [4.78, 5) is 11.0. The maximum Gasteiger partial charge on any atom is 0.310 e. The van der Waals surface area contributed by atoms with E-state index in [4.69, 9.17) is 14.6 Å². The number of hydrogen-bond acceptors (Lipinski definition) is 3. The van der Waals surface area contributed by atoms with Crippen LogP contribution >= 0.6 is 0 Å². The summed E-state index contributed by atoms with van der Waals surface area (Å²) in [6, 6.07) is 5.19. The van der Waals surface area contributed by atoms with Gasteiger partial charge in [-0.2, -0.15) is 0 Å². The number of ether oxygens (including phenoxy) is 2. The van der Waals surface area contributed by atoms with E-state index in [1.165, 1.54) is 7.11 Å². The molecule has 0 amide bonds. The van der Waals surface area contributed by atoms with Crippen LogP contribution in [0.2, 0.25) is 0 Å². The van der Waals surface area contributed by atoms with Crippen LogP contribution in [0.1, 0.15) is 24.8 Å². The van der Waals surface area contributed by atoms with Crippen molar-refractivity contribution in [3.05, 3.63) is 23.8 Å². The minimum absolute atomic E-state index is 0.500. The molecule has 88 valence electrons. The fourth-order valence-electron chi connectivity index (χ4n) is 1.62. The van der Waals surface area contributed by atoms with Crippen LogP contribution in [0.4, 0.5) is 0 Å². The molecule has 0 saturated heterocycles. The molecule has 1 atom stereocenters. The number of carbonyl (C=O) groups is 1. The van der Waals surface area contributed by atoms with E-state index < -0.39 is 11.9 Å². The maximum absolute atomic E-state index is 11.0. The zero-order chi connectivity index (χ0) is 12.1. The van der Waals surface area contributed by atoms with Gasteiger partial charge in [-0.15, -0.1) is 0 Å². The molecule has 0 fully saturated rings. The van der Waals surface area contributed by atoms with Gasteiger partial charge in [-0.3, -0.25) is 4.79 Å². The first kappa shape index (κ1) is 12.4. The minimum Gasteiger partial charge on any atom is -0.493 e. The number of aliphatic carboxylic acids is 1. The average molecular weight is 224 g/mol. The van der Waals surface area contributed by atoms with Crippen LogP contribution in [0.5, 0.6) is 11.5 Å². The standard InChI is InChI=1S/C12H16O4/c1-4-9(12(13)14)8-5-6-10(15-2)11(7-8)16-3/h5-7,9H,4H2,1-3H3,(H,13,14)/t9-/m0/s1. The van der Waals surface area contributed by atoms with Crippen LogP contribution in [-0.4, -0.2) is 25.3 Å². The second-order valence-corrected chi connectivity index (χ2v) is 3.41. The molecule has 0 aliphatic heterocycles. The number of carboxylic acids is 1. The first-order valence-electron chi connectivity index (χ1n) is 5.08. The Morgan fingerprint density at radius 2 is 1.94 bits per heavy atom. The SMILES string of the molecule is CC[C@H](C(=O)O)c1ccc(OC)c(OC)c1. The summed E-state index contributed by atoms with van der Waals surface area (Å²) in [5.74, 6) is -0.166. The molecule has 0 bridgehead atoms. The van der Waals surface area contributed by atoms with Crippen molar-refractivity contribution >= 4 is 5.97 Å². The van der Waals surface area contributed by atoms with Crippen LogP contribution in [-0.2, 0) is 4.79 Å². The summed E-state index contributed by atoms with van der Waals surface area (Å²) in [5.41, 5.74) is 0.729.